The molecule has 5 nitrogen and oxygen atoms in total. The molecule has 0 spiro atoms. The molecule has 0 fully saturated rings. The predicted molar refractivity (Wildman–Crippen MR) is 78.3 cm³/mol. The molecule has 20 heavy (non-hydrogen) atoms. The van der Waals surface area contributed by atoms with Gasteiger partial charge in [0.1, 0.15) is 10.8 Å². The molecular weight excluding hydrogens is 280 g/mol. The van der Waals surface area contributed by atoms with Gasteiger partial charge in [0, 0.05) is 12.0 Å². The van der Waals surface area contributed by atoms with Crippen LogP contribution in [0.1, 0.15) is 50.9 Å². The number of aromatic nitrogens is 1. The van der Waals surface area contributed by atoms with E-state index in [1.165, 1.54) is 12.3 Å². The van der Waals surface area contributed by atoms with Crippen molar-refractivity contribution in [3.8, 4) is 0 Å². The lowest BCUT2D eigenvalue weighted by molar-refractivity contribution is 0.0636. The third-order valence-electron chi connectivity index (χ3n) is 2.28. The Hall–Kier alpha value is -1.62. The number of Topliss-reactive ketones (excluding diaryl/α,β-unsaturated/α-hetero) is 1. The van der Waals surface area contributed by atoms with Gasteiger partial charge in [0.25, 0.3) is 0 Å². The molecule has 0 aliphatic rings. The van der Waals surface area contributed by atoms with Crippen LogP contribution < -0.4 is 5.32 Å². The quantitative estimate of drug-likeness (QED) is 0.672. The van der Waals surface area contributed by atoms with Gasteiger partial charge in [0.15, 0.2) is 5.78 Å². The monoisotopic (exact) mass is 298 g/mol. The van der Waals surface area contributed by atoms with E-state index in [9.17, 15) is 9.59 Å². The lowest BCUT2D eigenvalue weighted by Gasteiger charge is -2.20. The van der Waals surface area contributed by atoms with Crippen molar-refractivity contribution in [1.29, 1.82) is 0 Å². The summed E-state index contributed by atoms with van der Waals surface area (Å²) in [4.78, 5) is 27.6. The van der Waals surface area contributed by atoms with Gasteiger partial charge in [-0.1, -0.05) is 18.5 Å². The van der Waals surface area contributed by atoms with Crippen molar-refractivity contribution in [3.63, 3.8) is 0 Å². The van der Waals surface area contributed by atoms with Crippen LogP contribution in [-0.4, -0.2) is 22.5 Å². The molecule has 0 bridgehead atoms. The van der Waals surface area contributed by atoms with Crippen LogP contribution in [0.2, 0.25) is 5.15 Å². The highest BCUT2D eigenvalue weighted by molar-refractivity contribution is 6.30. The molecular formula is C14H19ClN2O3. The summed E-state index contributed by atoms with van der Waals surface area (Å²) in [5.41, 5.74) is 0.0390. The summed E-state index contributed by atoms with van der Waals surface area (Å²) >= 11 is 5.80. The van der Waals surface area contributed by atoms with Crippen LogP contribution >= 0.6 is 11.6 Å². The van der Waals surface area contributed by atoms with Gasteiger partial charge >= 0.3 is 6.09 Å². The zero-order chi connectivity index (χ0) is 15.3. The summed E-state index contributed by atoms with van der Waals surface area (Å²) in [5.74, 6) is -0.0946. The molecule has 0 aliphatic heterocycles. The molecule has 1 amide bonds. The molecule has 110 valence electrons. The average molecular weight is 299 g/mol. The van der Waals surface area contributed by atoms with Crippen LogP contribution in [0.15, 0.2) is 12.3 Å². The fourth-order valence-electron chi connectivity index (χ4n) is 1.54. The molecule has 0 saturated heterocycles. The maximum atomic E-state index is 12.0. The summed E-state index contributed by atoms with van der Waals surface area (Å²) in [7, 11) is 0. The lowest BCUT2D eigenvalue weighted by Crippen LogP contribution is -2.27. The second-order valence-corrected chi connectivity index (χ2v) is 5.74. The Balaban J connectivity index is 2.94. The maximum Gasteiger partial charge on any atom is 0.412 e. The topological polar surface area (TPSA) is 68.3 Å². The molecule has 0 saturated carbocycles. The van der Waals surface area contributed by atoms with Gasteiger partial charge < -0.3 is 4.74 Å². The van der Waals surface area contributed by atoms with Crippen molar-refractivity contribution in [2.75, 3.05) is 5.32 Å². The number of anilines is 1. The van der Waals surface area contributed by atoms with Crippen molar-refractivity contribution < 1.29 is 14.3 Å². The van der Waals surface area contributed by atoms with Gasteiger partial charge in [-0.25, -0.2) is 9.78 Å². The Morgan fingerprint density at radius 3 is 2.60 bits per heavy atom. The SMILES string of the molecule is CCCC(=O)c1cc(Cl)ncc1NC(=O)OC(C)(C)C. The number of halogens is 1. The number of nitrogens with zero attached hydrogens (tertiary/aromatic N) is 1. The number of ether oxygens (including phenoxy) is 1. The zero-order valence-electron chi connectivity index (χ0n) is 12.1. The Morgan fingerprint density at radius 1 is 1.40 bits per heavy atom. The van der Waals surface area contributed by atoms with E-state index in [0.29, 0.717) is 24.1 Å². The van der Waals surface area contributed by atoms with E-state index in [2.05, 4.69) is 10.3 Å². The first-order valence-electron chi connectivity index (χ1n) is 6.41. The highest BCUT2D eigenvalue weighted by Crippen LogP contribution is 2.21. The molecule has 6 heteroatoms. The van der Waals surface area contributed by atoms with Crippen molar-refractivity contribution in [2.24, 2.45) is 0 Å². The van der Waals surface area contributed by atoms with Crippen molar-refractivity contribution in [3.05, 3.63) is 23.0 Å². The Morgan fingerprint density at radius 2 is 2.05 bits per heavy atom. The summed E-state index contributed by atoms with van der Waals surface area (Å²) in [5, 5.41) is 2.74. The number of carbonyl (C=O) groups excluding carboxylic acids is 2. The van der Waals surface area contributed by atoms with Crippen molar-refractivity contribution >= 4 is 29.2 Å². The van der Waals surface area contributed by atoms with E-state index in [1.54, 1.807) is 20.8 Å². The fourth-order valence-corrected chi connectivity index (χ4v) is 1.69. The van der Waals surface area contributed by atoms with Crippen LogP contribution in [0.5, 0.6) is 0 Å². The number of amides is 1. The number of nitrogens with one attached hydrogen (secondary N) is 1. The van der Waals surface area contributed by atoms with Gasteiger partial charge in [-0.3, -0.25) is 10.1 Å². The Labute approximate surface area is 123 Å². The summed E-state index contributed by atoms with van der Waals surface area (Å²) < 4.78 is 5.14. The minimum atomic E-state index is -0.632. The maximum absolute atomic E-state index is 12.0. The van der Waals surface area contributed by atoms with E-state index < -0.39 is 11.7 Å². The van der Waals surface area contributed by atoms with Crippen LogP contribution in [-0.2, 0) is 4.74 Å². The molecule has 0 atom stereocenters. The molecule has 0 aromatic carbocycles. The highest BCUT2D eigenvalue weighted by Gasteiger charge is 2.19. The summed E-state index contributed by atoms with van der Waals surface area (Å²) in [6.07, 6.45) is 1.82. The van der Waals surface area contributed by atoms with Gasteiger partial charge in [-0.15, -0.1) is 0 Å². The first-order chi connectivity index (χ1) is 9.23. The van der Waals surface area contributed by atoms with Crippen LogP contribution in [0.4, 0.5) is 10.5 Å². The number of hydrogen-bond donors (Lipinski definition) is 1. The van der Waals surface area contributed by atoms with Gasteiger partial charge in [0.05, 0.1) is 11.9 Å². The van der Waals surface area contributed by atoms with Gasteiger partial charge in [0.2, 0.25) is 0 Å². The lowest BCUT2D eigenvalue weighted by atomic mass is 10.1. The normalized spacial score (nSPS) is 11.1. The van der Waals surface area contributed by atoms with Crippen molar-refractivity contribution in [2.45, 2.75) is 46.1 Å². The van der Waals surface area contributed by atoms with E-state index in [-0.39, 0.29) is 10.9 Å². The van der Waals surface area contributed by atoms with E-state index >= 15 is 0 Å². The second kappa shape index (κ2) is 6.70. The van der Waals surface area contributed by atoms with Crippen LogP contribution in [0, 0.1) is 0 Å². The van der Waals surface area contributed by atoms with Gasteiger partial charge in [-0.2, -0.15) is 0 Å². The minimum Gasteiger partial charge on any atom is -0.444 e. The fraction of sp³-hybridized carbons (Fsp3) is 0.500. The molecule has 1 aromatic heterocycles. The van der Waals surface area contributed by atoms with E-state index in [1.807, 2.05) is 6.92 Å². The Bertz CT molecular complexity index is 510. The second-order valence-electron chi connectivity index (χ2n) is 5.35. The standard InChI is InChI=1S/C14H19ClN2O3/c1-5-6-11(18)9-7-12(15)16-8-10(9)17-13(19)20-14(2,3)4/h7-8H,5-6H2,1-4H3,(H,17,19). The largest absolute Gasteiger partial charge is 0.444 e. The van der Waals surface area contributed by atoms with Crippen LogP contribution in [0.25, 0.3) is 0 Å². The Kier molecular flexibility index (Phi) is 5.51. The number of pyridine rings is 1. The minimum absolute atomic E-state index is 0.0946. The zero-order valence-corrected chi connectivity index (χ0v) is 12.9. The number of ketones is 1. The highest BCUT2D eigenvalue weighted by atomic mass is 35.5. The molecule has 1 aromatic rings. The predicted octanol–water partition coefficient (Wildman–Crippen LogP) is 4.06. The summed E-state index contributed by atoms with van der Waals surface area (Å²) in [6.45, 7) is 7.18. The smallest absolute Gasteiger partial charge is 0.412 e. The van der Waals surface area contributed by atoms with Gasteiger partial charge in [-0.05, 0) is 33.3 Å². The molecule has 0 aliphatic carbocycles. The first-order valence-corrected chi connectivity index (χ1v) is 6.79. The molecule has 0 unspecified atom stereocenters. The van der Waals surface area contributed by atoms with E-state index in [4.69, 9.17) is 16.3 Å². The average Bonchev–Trinajstić information content (AvgIpc) is 2.29. The third kappa shape index (κ3) is 5.17. The first kappa shape index (κ1) is 16.4. The van der Waals surface area contributed by atoms with E-state index in [0.717, 1.165) is 0 Å². The molecule has 1 heterocycles. The van der Waals surface area contributed by atoms with Crippen molar-refractivity contribution in [1.82, 2.24) is 4.98 Å². The van der Waals surface area contributed by atoms with Crippen LogP contribution in [0.3, 0.4) is 0 Å². The number of hydrogen-bond acceptors (Lipinski definition) is 4. The molecule has 1 rings (SSSR count). The summed E-state index contributed by atoms with van der Waals surface area (Å²) in [6, 6.07) is 1.45. The number of rotatable bonds is 4. The molecule has 1 N–H and O–H groups in total. The molecule has 0 radical (unpaired) electrons. The number of carbonyl (C=O) groups is 2. The third-order valence-corrected chi connectivity index (χ3v) is 2.49.